The molecule has 1 heterocycles. The topological polar surface area (TPSA) is 81.2 Å². The second-order valence-corrected chi connectivity index (χ2v) is 7.43. The van der Waals surface area contributed by atoms with E-state index in [1.54, 1.807) is 7.05 Å². The number of hydrogen-bond donors (Lipinski definition) is 3. The number of guanidine groups is 1. The Morgan fingerprint density at radius 2 is 1.87 bits per heavy atom. The normalized spacial score (nSPS) is 12.3. The molecular weight excluding hydrogens is 501 g/mol. The first kappa shape index (κ1) is 24.8. The molecule has 3 rings (SSSR count). The summed E-state index contributed by atoms with van der Waals surface area (Å²) in [4.78, 5) is 10.9. The van der Waals surface area contributed by atoms with E-state index >= 15 is 0 Å². The number of H-pyrrole nitrogens is 1. The molecule has 0 amide bonds. The Bertz CT molecular complexity index is 913. The van der Waals surface area contributed by atoms with Gasteiger partial charge in [0.1, 0.15) is 6.33 Å². The molecular formula is C23H32IN7. The van der Waals surface area contributed by atoms with Gasteiger partial charge >= 0.3 is 0 Å². The fraction of sp³-hybridized carbons (Fsp3) is 0.348. The molecule has 1 unspecified atom stereocenters. The highest BCUT2D eigenvalue weighted by atomic mass is 127. The number of rotatable bonds is 9. The fourth-order valence-corrected chi connectivity index (χ4v) is 3.23. The lowest BCUT2D eigenvalue weighted by molar-refractivity contribution is 0.238. The van der Waals surface area contributed by atoms with Gasteiger partial charge < -0.3 is 10.6 Å². The summed E-state index contributed by atoms with van der Waals surface area (Å²) < 4.78 is 0. The minimum Gasteiger partial charge on any atom is -0.356 e. The monoisotopic (exact) mass is 533 g/mol. The van der Waals surface area contributed by atoms with Crippen LogP contribution in [-0.2, 0) is 13.1 Å². The second kappa shape index (κ2) is 13.1. The molecule has 8 heteroatoms. The lowest BCUT2D eigenvalue weighted by Gasteiger charge is -2.25. The van der Waals surface area contributed by atoms with Gasteiger partial charge in [0.2, 0.25) is 0 Å². The number of nitrogens with zero attached hydrogens (tertiary/aromatic N) is 4. The van der Waals surface area contributed by atoms with Crippen LogP contribution in [0.1, 0.15) is 24.5 Å². The summed E-state index contributed by atoms with van der Waals surface area (Å²) in [7, 11) is 3.97. The maximum Gasteiger partial charge on any atom is 0.191 e. The van der Waals surface area contributed by atoms with Crippen LogP contribution in [0, 0.1) is 0 Å². The van der Waals surface area contributed by atoms with Crippen molar-refractivity contribution in [2.24, 2.45) is 4.99 Å². The maximum atomic E-state index is 4.34. The molecule has 0 aliphatic heterocycles. The molecule has 166 valence electrons. The average Bonchev–Trinajstić information content (AvgIpc) is 3.32. The van der Waals surface area contributed by atoms with Crippen molar-refractivity contribution in [2.45, 2.75) is 32.5 Å². The molecule has 0 saturated carbocycles. The number of hydrogen-bond acceptors (Lipinski definition) is 4. The van der Waals surface area contributed by atoms with E-state index < -0.39 is 0 Å². The lowest BCUT2D eigenvalue weighted by Crippen LogP contribution is -2.39. The average molecular weight is 533 g/mol. The van der Waals surface area contributed by atoms with Crippen molar-refractivity contribution in [1.82, 2.24) is 30.7 Å². The van der Waals surface area contributed by atoms with E-state index in [9.17, 15) is 0 Å². The molecule has 7 nitrogen and oxygen atoms in total. The summed E-state index contributed by atoms with van der Waals surface area (Å²) in [5.74, 6) is 1.57. The zero-order valence-corrected chi connectivity index (χ0v) is 20.7. The Hall–Kier alpha value is -2.46. The molecule has 0 radical (unpaired) electrons. The van der Waals surface area contributed by atoms with Crippen LogP contribution in [0.2, 0.25) is 0 Å². The van der Waals surface area contributed by atoms with Gasteiger partial charge in [-0.15, -0.1) is 24.0 Å². The zero-order chi connectivity index (χ0) is 21.2. The number of benzene rings is 2. The van der Waals surface area contributed by atoms with Crippen molar-refractivity contribution in [3.05, 3.63) is 72.1 Å². The summed E-state index contributed by atoms with van der Waals surface area (Å²) >= 11 is 0. The molecule has 0 aliphatic rings. The van der Waals surface area contributed by atoms with Gasteiger partial charge in [-0.1, -0.05) is 48.5 Å². The minimum atomic E-state index is 0. The Morgan fingerprint density at radius 1 is 1.10 bits per heavy atom. The predicted molar refractivity (Wildman–Crippen MR) is 137 cm³/mol. The van der Waals surface area contributed by atoms with Crippen molar-refractivity contribution in [2.75, 3.05) is 20.6 Å². The number of aromatic amines is 1. The van der Waals surface area contributed by atoms with E-state index in [-0.39, 0.29) is 24.0 Å². The number of aliphatic imine (C=N–C) groups is 1. The second-order valence-electron chi connectivity index (χ2n) is 7.43. The van der Waals surface area contributed by atoms with Gasteiger partial charge in [-0.05, 0) is 37.6 Å². The van der Waals surface area contributed by atoms with Gasteiger partial charge in [0, 0.05) is 38.3 Å². The number of aromatic nitrogens is 3. The molecule has 0 fully saturated rings. The van der Waals surface area contributed by atoms with E-state index in [4.69, 9.17) is 0 Å². The van der Waals surface area contributed by atoms with E-state index in [0.717, 1.165) is 42.4 Å². The highest BCUT2D eigenvalue weighted by molar-refractivity contribution is 14.0. The fourth-order valence-electron chi connectivity index (χ4n) is 3.23. The molecule has 1 aromatic heterocycles. The van der Waals surface area contributed by atoms with E-state index in [0.29, 0.717) is 12.6 Å². The standard InChI is InChI=1S/C23H31N7.HI/c1-18(30(3)16-19-8-5-4-6-9-19)12-13-25-23(24-2)26-15-20-10-7-11-21(14-20)22-27-17-28-29-22;/h4-11,14,17-18H,12-13,15-16H2,1-3H3,(H2,24,25,26)(H,27,28,29);1H. The molecule has 3 N–H and O–H groups in total. The van der Waals surface area contributed by atoms with Gasteiger partial charge in [-0.25, -0.2) is 4.98 Å². The van der Waals surface area contributed by atoms with Crippen LogP contribution < -0.4 is 10.6 Å². The smallest absolute Gasteiger partial charge is 0.191 e. The number of nitrogens with one attached hydrogen (secondary N) is 3. The SMILES string of the molecule is CN=C(NCCC(C)N(C)Cc1ccccc1)NCc1cccc(-c2ncn[nH]2)c1.I. The molecule has 0 spiro atoms. The Morgan fingerprint density at radius 3 is 2.58 bits per heavy atom. The van der Waals surface area contributed by atoms with Crippen molar-refractivity contribution >= 4 is 29.9 Å². The molecule has 0 saturated heterocycles. The summed E-state index contributed by atoms with van der Waals surface area (Å²) in [6.07, 6.45) is 2.55. The number of halogens is 1. The third-order valence-corrected chi connectivity index (χ3v) is 5.18. The minimum absolute atomic E-state index is 0. The summed E-state index contributed by atoms with van der Waals surface area (Å²) in [6, 6.07) is 19.3. The Labute approximate surface area is 201 Å². The summed E-state index contributed by atoms with van der Waals surface area (Å²) in [5.41, 5.74) is 3.51. The lowest BCUT2D eigenvalue weighted by atomic mass is 10.1. The van der Waals surface area contributed by atoms with Crippen molar-refractivity contribution in [3.63, 3.8) is 0 Å². The van der Waals surface area contributed by atoms with Gasteiger partial charge in [-0.3, -0.25) is 15.0 Å². The Kier molecular flexibility index (Phi) is 10.5. The highest BCUT2D eigenvalue weighted by Crippen LogP contribution is 2.15. The van der Waals surface area contributed by atoms with Crippen molar-refractivity contribution in [3.8, 4) is 11.4 Å². The van der Waals surface area contributed by atoms with Gasteiger partial charge in [0.05, 0.1) is 0 Å². The zero-order valence-electron chi connectivity index (χ0n) is 18.4. The van der Waals surface area contributed by atoms with Crippen LogP contribution in [0.3, 0.4) is 0 Å². The third kappa shape index (κ3) is 7.95. The van der Waals surface area contributed by atoms with E-state index in [1.165, 1.54) is 11.9 Å². The molecule has 3 aromatic rings. The van der Waals surface area contributed by atoms with Crippen molar-refractivity contribution < 1.29 is 0 Å². The van der Waals surface area contributed by atoms with E-state index in [1.807, 2.05) is 12.1 Å². The van der Waals surface area contributed by atoms with Gasteiger partial charge in [-0.2, -0.15) is 5.10 Å². The largest absolute Gasteiger partial charge is 0.356 e. The predicted octanol–water partition coefficient (Wildman–Crippen LogP) is 3.67. The van der Waals surface area contributed by atoms with Crippen LogP contribution in [0.5, 0.6) is 0 Å². The summed E-state index contributed by atoms with van der Waals surface area (Å²) in [6.45, 7) is 4.76. The van der Waals surface area contributed by atoms with Crippen LogP contribution in [0.25, 0.3) is 11.4 Å². The Balaban J connectivity index is 0.00000341. The van der Waals surface area contributed by atoms with Crippen LogP contribution in [0.4, 0.5) is 0 Å². The maximum absolute atomic E-state index is 4.34. The first-order valence-corrected chi connectivity index (χ1v) is 10.3. The first-order chi connectivity index (χ1) is 14.7. The molecule has 1 atom stereocenters. The van der Waals surface area contributed by atoms with Gasteiger partial charge in [0.15, 0.2) is 11.8 Å². The first-order valence-electron chi connectivity index (χ1n) is 10.3. The van der Waals surface area contributed by atoms with Crippen LogP contribution in [0.15, 0.2) is 65.9 Å². The highest BCUT2D eigenvalue weighted by Gasteiger charge is 2.10. The van der Waals surface area contributed by atoms with Crippen molar-refractivity contribution in [1.29, 1.82) is 0 Å². The molecule has 0 bridgehead atoms. The van der Waals surface area contributed by atoms with Crippen LogP contribution >= 0.6 is 24.0 Å². The third-order valence-electron chi connectivity index (χ3n) is 5.18. The molecule has 31 heavy (non-hydrogen) atoms. The van der Waals surface area contributed by atoms with Crippen LogP contribution in [-0.4, -0.2) is 52.7 Å². The quantitative estimate of drug-likeness (QED) is 0.222. The molecule has 0 aliphatic carbocycles. The van der Waals surface area contributed by atoms with Gasteiger partial charge in [0.25, 0.3) is 0 Å². The summed E-state index contributed by atoms with van der Waals surface area (Å²) in [5, 5.41) is 13.6. The van der Waals surface area contributed by atoms with E-state index in [2.05, 4.69) is 92.1 Å². The molecule has 2 aromatic carbocycles.